The van der Waals surface area contributed by atoms with E-state index in [0.29, 0.717) is 0 Å². The van der Waals surface area contributed by atoms with E-state index >= 15 is 0 Å². The largest absolute Gasteiger partial charge is 0.272 e. The van der Waals surface area contributed by atoms with Crippen molar-refractivity contribution in [3.05, 3.63) is 48.4 Å². The standard InChI is InChI=1S/C15H15N3/c1-3-18-10-14(11(2)17-18)13-8-12-6-4-5-7-15(12)16-9-13/h4-10H,3H2,1-2H3. The van der Waals surface area contributed by atoms with Gasteiger partial charge in [-0.05, 0) is 26.0 Å². The van der Waals surface area contributed by atoms with E-state index in [2.05, 4.69) is 35.3 Å². The summed E-state index contributed by atoms with van der Waals surface area (Å²) in [5.74, 6) is 0. The van der Waals surface area contributed by atoms with Crippen LogP contribution in [0.1, 0.15) is 12.6 Å². The quantitative estimate of drug-likeness (QED) is 0.683. The summed E-state index contributed by atoms with van der Waals surface area (Å²) < 4.78 is 1.96. The van der Waals surface area contributed by atoms with E-state index in [4.69, 9.17) is 0 Å². The van der Waals surface area contributed by atoms with Gasteiger partial charge in [0.1, 0.15) is 0 Å². The highest BCUT2D eigenvalue weighted by Crippen LogP contribution is 2.24. The van der Waals surface area contributed by atoms with Crippen molar-refractivity contribution < 1.29 is 0 Å². The first-order valence-electron chi connectivity index (χ1n) is 6.17. The molecule has 2 heterocycles. The van der Waals surface area contributed by atoms with E-state index in [1.165, 1.54) is 5.39 Å². The summed E-state index contributed by atoms with van der Waals surface area (Å²) in [6.45, 7) is 5.02. The van der Waals surface area contributed by atoms with Gasteiger partial charge in [0.25, 0.3) is 0 Å². The fraction of sp³-hybridized carbons (Fsp3) is 0.200. The second-order valence-electron chi connectivity index (χ2n) is 4.40. The molecule has 0 atom stereocenters. The number of fused-ring (bicyclic) bond motifs is 1. The lowest BCUT2D eigenvalue weighted by molar-refractivity contribution is 0.653. The summed E-state index contributed by atoms with van der Waals surface area (Å²) in [5, 5.41) is 5.64. The first kappa shape index (κ1) is 11.0. The van der Waals surface area contributed by atoms with Gasteiger partial charge < -0.3 is 0 Å². The van der Waals surface area contributed by atoms with Gasteiger partial charge in [-0.3, -0.25) is 9.67 Å². The number of hydrogen-bond donors (Lipinski definition) is 0. The van der Waals surface area contributed by atoms with Crippen molar-refractivity contribution in [2.45, 2.75) is 20.4 Å². The molecular weight excluding hydrogens is 222 g/mol. The molecule has 0 unspecified atom stereocenters. The minimum Gasteiger partial charge on any atom is -0.272 e. The molecule has 3 rings (SSSR count). The smallest absolute Gasteiger partial charge is 0.0702 e. The highest BCUT2D eigenvalue weighted by molar-refractivity contribution is 5.83. The second-order valence-corrected chi connectivity index (χ2v) is 4.40. The van der Waals surface area contributed by atoms with Crippen LogP contribution < -0.4 is 0 Å². The van der Waals surface area contributed by atoms with Crippen LogP contribution in [0.3, 0.4) is 0 Å². The van der Waals surface area contributed by atoms with E-state index in [9.17, 15) is 0 Å². The van der Waals surface area contributed by atoms with E-state index in [1.807, 2.05) is 36.0 Å². The molecule has 3 nitrogen and oxygen atoms in total. The van der Waals surface area contributed by atoms with Crippen molar-refractivity contribution in [3.8, 4) is 11.1 Å². The summed E-state index contributed by atoms with van der Waals surface area (Å²) in [5.41, 5.74) is 4.37. The molecule has 0 aliphatic carbocycles. The van der Waals surface area contributed by atoms with Crippen LogP contribution in [0.5, 0.6) is 0 Å². The summed E-state index contributed by atoms with van der Waals surface area (Å²) in [7, 11) is 0. The molecule has 3 aromatic rings. The Labute approximate surface area is 106 Å². The van der Waals surface area contributed by atoms with Gasteiger partial charge >= 0.3 is 0 Å². The molecule has 0 fully saturated rings. The molecule has 3 heteroatoms. The molecular formula is C15H15N3. The van der Waals surface area contributed by atoms with Crippen LogP contribution in [0.2, 0.25) is 0 Å². The first-order chi connectivity index (χ1) is 8.78. The lowest BCUT2D eigenvalue weighted by Gasteiger charge is -2.01. The molecule has 0 N–H and O–H groups in total. The lowest BCUT2D eigenvalue weighted by atomic mass is 10.1. The van der Waals surface area contributed by atoms with Crippen LogP contribution in [0, 0.1) is 6.92 Å². The van der Waals surface area contributed by atoms with Crippen molar-refractivity contribution in [2.75, 3.05) is 0 Å². The van der Waals surface area contributed by atoms with Gasteiger partial charge in [0.05, 0.1) is 11.2 Å². The van der Waals surface area contributed by atoms with Gasteiger partial charge in [0.2, 0.25) is 0 Å². The fourth-order valence-electron chi connectivity index (χ4n) is 2.18. The maximum atomic E-state index is 4.50. The number of aromatic nitrogens is 3. The molecule has 0 aliphatic heterocycles. The highest BCUT2D eigenvalue weighted by Gasteiger charge is 2.07. The zero-order chi connectivity index (χ0) is 12.5. The van der Waals surface area contributed by atoms with Gasteiger partial charge in [-0.15, -0.1) is 0 Å². The Hall–Kier alpha value is -2.16. The summed E-state index contributed by atoms with van der Waals surface area (Å²) in [6.07, 6.45) is 4.01. The number of para-hydroxylation sites is 1. The van der Waals surface area contributed by atoms with Gasteiger partial charge in [-0.1, -0.05) is 18.2 Å². The number of benzene rings is 1. The van der Waals surface area contributed by atoms with Crippen molar-refractivity contribution in [2.24, 2.45) is 0 Å². The van der Waals surface area contributed by atoms with Gasteiger partial charge in [-0.25, -0.2) is 0 Å². The van der Waals surface area contributed by atoms with E-state index in [-0.39, 0.29) is 0 Å². The predicted molar refractivity (Wildman–Crippen MR) is 73.4 cm³/mol. The minimum absolute atomic E-state index is 0.891. The third-order valence-corrected chi connectivity index (χ3v) is 3.17. The van der Waals surface area contributed by atoms with Gasteiger partial charge in [0, 0.05) is 35.5 Å². The normalized spacial score (nSPS) is 11.0. The monoisotopic (exact) mass is 237 g/mol. The number of nitrogens with zero attached hydrogens (tertiary/aromatic N) is 3. The van der Waals surface area contributed by atoms with Crippen molar-refractivity contribution >= 4 is 10.9 Å². The van der Waals surface area contributed by atoms with Crippen LogP contribution in [0.4, 0.5) is 0 Å². The van der Waals surface area contributed by atoms with E-state index in [1.54, 1.807) is 0 Å². The summed E-state index contributed by atoms with van der Waals surface area (Å²) in [6, 6.07) is 10.3. The Morgan fingerprint density at radius 1 is 1.22 bits per heavy atom. The molecule has 2 aromatic heterocycles. The van der Waals surface area contributed by atoms with Crippen LogP contribution >= 0.6 is 0 Å². The Kier molecular flexibility index (Phi) is 2.59. The molecule has 0 amide bonds. The molecule has 0 saturated carbocycles. The van der Waals surface area contributed by atoms with Gasteiger partial charge in [0.15, 0.2) is 0 Å². The molecule has 18 heavy (non-hydrogen) atoms. The Bertz CT molecular complexity index is 698. The zero-order valence-electron chi connectivity index (χ0n) is 10.6. The number of rotatable bonds is 2. The zero-order valence-corrected chi connectivity index (χ0v) is 10.6. The molecule has 0 spiro atoms. The topological polar surface area (TPSA) is 30.7 Å². The van der Waals surface area contributed by atoms with Crippen molar-refractivity contribution in [1.82, 2.24) is 14.8 Å². The van der Waals surface area contributed by atoms with Crippen LogP contribution in [0.15, 0.2) is 42.7 Å². The molecule has 1 aromatic carbocycles. The number of pyridine rings is 1. The second kappa shape index (κ2) is 4.26. The van der Waals surface area contributed by atoms with Gasteiger partial charge in [-0.2, -0.15) is 5.10 Å². The summed E-state index contributed by atoms with van der Waals surface area (Å²) in [4.78, 5) is 4.50. The average Bonchev–Trinajstić information content (AvgIpc) is 2.79. The third kappa shape index (κ3) is 1.78. The number of aryl methyl sites for hydroxylation is 2. The van der Waals surface area contributed by atoms with E-state index < -0.39 is 0 Å². The average molecular weight is 237 g/mol. The van der Waals surface area contributed by atoms with Crippen LogP contribution in [-0.4, -0.2) is 14.8 Å². The maximum absolute atomic E-state index is 4.50. The SMILES string of the molecule is CCn1cc(-c2cnc3ccccc3c2)c(C)n1. The molecule has 0 saturated heterocycles. The lowest BCUT2D eigenvalue weighted by Crippen LogP contribution is -1.93. The number of hydrogen-bond acceptors (Lipinski definition) is 2. The minimum atomic E-state index is 0.891. The summed E-state index contributed by atoms with van der Waals surface area (Å²) >= 11 is 0. The third-order valence-electron chi connectivity index (χ3n) is 3.17. The van der Waals surface area contributed by atoms with E-state index in [0.717, 1.165) is 28.9 Å². The molecule has 0 aliphatic rings. The molecule has 0 radical (unpaired) electrons. The molecule has 90 valence electrons. The molecule has 0 bridgehead atoms. The van der Waals surface area contributed by atoms with Crippen LogP contribution in [0.25, 0.3) is 22.0 Å². The Morgan fingerprint density at radius 2 is 2.06 bits per heavy atom. The van der Waals surface area contributed by atoms with Crippen molar-refractivity contribution in [3.63, 3.8) is 0 Å². The van der Waals surface area contributed by atoms with Crippen LogP contribution in [-0.2, 0) is 6.54 Å². The fourth-order valence-corrected chi connectivity index (χ4v) is 2.18. The predicted octanol–water partition coefficient (Wildman–Crippen LogP) is 3.43. The first-order valence-corrected chi connectivity index (χ1v) is 6.17. The highest BCUT2D eigenvalue weighted by atomic mass is 15.3. The van der Waals surface area contributed by atoms with Crippen molar-refractivity contribution in [1.29, 1.82) is 0 Å². The maximum Gasteiger partial charge on any atom is 0.0702 e. The Morgan fingerprint density at radius 3 is 2.83 bits per heavy atom. The Balaban J connectivity index is 2.15.